The lowest BCUT2D eigenvalue weighted by atomic mass is 9.89. The number of anilines is 1. The second-order valence-corrected chi connectivity index (χ2v) is 7.84. The molecule has 0 spiro atoms. The minimum atomic E-state index is -0.393. The number of alkyl carbamates (subject to hydrolysis) is 1. The summed E-state index contributed by atoms with van der Waals surface area (Å²) in [7, 11) is 0. The lowest BCUT2D eigenvalue weighted by Crippen LogP contribution is -2.50. The van der Waals surface area contributed by atoms with Gasteiger partial charge in [0.1, 0.15) is 12.4 Å². The molecule has 2 heterocycles. The van der Waals surface area contributed by atoms with Crippen molar-refractivity contribution in [2.45, 2.75) is 24.9 Å². The van der Waals surface area contributed by atoms with Gasteiger partial charge < -0.3 is 19.7 Å². The van der Waals surface area contributed by atoms with Crippen molar-refractivity contribution >= 4 is 39.3 Å². The molecule has 1 saturated heterocycles. The maximum Gasteiger partial charge on any atom is 0.407 e. The Kier molecular flexibility index (Phi) is 5.45. The molecule has 1 N–H and O–H groups in total. The molecule has 0 aliphatic carbocycles. The number of nitrogens with zero attached hydrogens (tertiary/aromatic N) is 1. The summed E-state index contributed by atoms with van der Waals surface area (Å²) in [5.41, 5.74) is 2.00. The number of rotatable bonds is 3. The molecule has 7 heteroatoms. The molecule has 142 valence electrons. The zero-order valence-corrected chi connectivity index (χ0v) is 17.0. The van der Waals surface area contributed by atoms with E-state index in [2.05, 4.69) is 32.2 Å². The zero-order chi connectivity index (χ0) is 18.8. The fourth-order valence-electron chi connectivity index (χ4n) is 3.86. The van der Waals surface area contributed by atoms with Gasteiger partial charge >= 0.3 is 6.09 Å². The Hall–Kier alpha value is -1.92. The number of carbonyl (C=O) groups is 1. The Balaban J connectivity index is 1.74. The monoisotopic (exact) mass is 450 g/mol. The van der Waals surface area contributed by atoms with Crippen LogP contribution in [0.5, 0.6) is 11.5 Å². The first-order valence-electron chi connectivity index (χ1n) is 8.99. The van der Waals surface area contributed by atoms with E-state index in [9.17, 15) is 4.79 Å². The summed E-state index contributed by atoms with van der Waals surface area (Å²) < 4.78 is 11.4. The maximum absolute atomic E-state index is 12.2. The van der Waals surface area contributed by atoms with E-state index in [1.165, 1.54) is 0 Å². The number of piperidine rings is 1. The Bertz CT molecular complexity index is 848. The van der Waals surface area contributed by atoms with Crippen molar-refractivity contribution < 1.29 is 14.3 Å². The summed E-state index contributed by atoms with van der Waals surface area (Å²) in [6.07, 6.45) is 1.43. The highest BCUT2D eigenvalue weighted by molar-refractivity contribution is 9.09. The lowest BCUT2D eigenvalue weighted by molar-refractivity contribution is 0.145. The molecule has 0 unspecified atom stereocenters. The van der Waals surface area contributed by atoms with E-state index in [1.54, 1.807) is 0 Å². The molecule has 2 atom stereocenters. The van der Waals surface area contributed by atoms with Crippen molar-refractivity contribution in [2.75, 3.05) is 23.4 Å². The van der Waals surface area contributed by atoms with Gasteiger partial charge in [0.2, 0.25) is 0 Å². The van der Waals surface area contributed by atoms with Crippen molar-refractivity contribution in [2.24, 2.45) is 0 Å². The lowest BCUT2D eigenvalue weighted by Gasteiger charge is -2.42. The minimum Gasteiger partial charge on any atom is -0.455 e. The second kappa shape index (κ2) is 7.98. The van der Waals surface area contributed by atoms with E-state index >= 15 is 0 Å². The van der Waals surface area contributed by atoms with Crippen LogP contribution in [0.3, 0.4) is 0 Å². The third kappa shape index (κ3) is 3.73. The van der Waals surface area contributed by atoms with Crippen molar-refractivity contribution in [3.63, 3.8) is 0 Å². The molecule has 2 aliphatic rings. The number of benzene rings is 2. The molecule has 2 aromatic rings. The first-order chi connectivity index (χ1) is 13.2. The number of amides is 1. The van der Waals surface area contributed by atoms with Crippen LogP contribution in [0, 0.1) is 0 Å². The quantitative estimate of drug-likeness (QED) is 0.645. The first-order valence-corrected chi connectivity index (χ1v) is 10.5. The van der Waals surface area contributed by atoms with Crippen LogP contribution in [0.2, 0.25) is 5.02 Å². The van der Waals surface area contributed by atoms with Gasteiger partial charge in [-0.2, -0.15) is 0 Å². The van der Waals surface area contributed by atoms with E-state index < -0.39 is 6.09 Å². The smallest absolute Gasteiger partial charge is 0.407 e. The summed E-state index contributed by atoms with van der Waals surface area (Å²) in [6.45, 7) is 1.20. The number of ether oxygens (including phenoxy) is 2. The van der Waals surface area contributed by atoms with E-state index in [0.717, 1.165) is 42.1 Å². The van der Waals surface area contributed by atoms with Gasteiger partial charge in [-0.25, -0.2) is 4.79 Å². The molecular weight excluding hydrogens is 432 g/mol. The first kappa shape index (κ1) is 18.4. The topological polar surface area (TPSA) is 50.8 Å². The summed E-state index contributed by atoms with van der Waals surface area (Å²) in [4.78, 5) is 14.5. The number of carbonyl (C=O) groups excluding carboxylic acids is 1. The molecule has 0 aromatic heterocycles. The molecule has 4 rings (SSSR count). The van der Waals surface area contributed by atoms with Gasteiger partial charge in [-0.3, -0.25) is 0 Å². The van der Waals surface area contributed by atoms with Crippen LogP contribution in [-0.2, 0) is 4.74 Å². The normalized spacial score (nSPS) is 20.4. The number of hydrogen-bond acceptors (Lipinski definition) is 4. The van der Waals surface area contributed by atoms with Crippen LogP contribution >= 0.6 is 27.5 Å². The second-order valence-electron chi connectivity index (χ2n) is 6.61. The van der Waals surface area contributed by atoms with E-state index in [1.807, 2.05) is 36.4 Å². The zero-order valence-electron chi connectivity index (χ0n) is 14.7. The van der Waals surface area contributed by atoms with Crippen LogP contribution in [0.1, 0.15) is 24.4 Å². The molecule has 1 amide bonds. The third-order valence-electron chi connectivity index (χ3n) is 4.93. The molecule has 0 bridgehead atoms. The predicted molar refractivity (Wildman–Crippen MR) is 109 cm³/mol. The Morgan fingerprint density at radius 3 is 3.00 bits per heavy atom. The van der Waals surface area contributed by atoms with Gasteiger partial charge in [0.15, 0.2) is 5.75 Å². The summed E-state index contributed by atoms with van der Waals surface area (Å²) >= 11 is 9.55. The fourth-order valence-corrected chi connectivity index (χ4v) is 4.19. The van der Waals surface area contributed by atoms with E-state index in [4.69, 9.17) is 21.1 Å². The Morgan fingerprint density at radius 2 is 2.15 bits per heavy atom. The van der Waals surface area contributed by atoms with E-state index in [-0.39, 0.29) is 12.1 Å². The molecular formula is C20H20BrClN2O3. The third-order valence-corrected chi connectivity index (χ3v) is 5.49. The number of alkyl halides is 1. The minimum absolute atomic E-state index is 0.0498. The number of fused-ring (bicyclic) bond motifs is 5. The molecule has 27 heavy (non-hydrogen) atoms. The summed E-state index contributed by atoms with van der Waals surface area (Å²) in [5, 5.41) is 4.33. The molecule has 1 fully saturated rings. The highest BCUT2D eigenvalue weighted by Crippen LogP contribution is 2.48. The van der Waals surface area contributed by atoms with Crippen molar-refractivity contribution in [3.05, 3.63) is 53.1 Å². The molecule has 2 aromatic carbocycles. The van der Waals surface area contributed by atoms with Gasteiger partial charge in [-0.05, 0) is 37.1 Å². The fraction of sp³-hybridized carbons (Fsp3) is 0.350. The standard InChI is InChI=1S/C20H20BrClN2O3/c21-9-11-26-20(25)23-15-5-3-10-24-16-12-13(22)7-8-18(16)27-17-6-2-1-4-14(17)19(15)24/h1-2,4,6-8,12,15,19H,3,5,9-11H2,(H,23,25)/t15-,19-/m0/s1. The number of halogens is 2. The molecule has 0 radical (unpaired) electrons. The van der Waals surface area contributed by atoms with Gasteiger partial charge in [-0.1, -0.05) is 45.7 Å². The number of nitrogens with one attached hydrogen (secondary N) is 1. The Labute approximate surface area is 171 Å². The number of hydrogen-bond donors (Lipinski definition) is 1. The maximum atomic E-state index is 12.2. The average molecular weight is 452 g/mol. The molecule has 2 aliphatic heterocycles. The van der Waals surface area contributed by atoms with Gasteiger partial charge in [0.05, 0.1) is 17.8 Å². The van der Waals surface area contributed by atoms with Crippen LogP contribution in [0.25, 0.3) is 0 Å². The van der Waals surface area contributed by atoms with Gasteiger partial charge in [0.25, 0.3) is 0 Å². The summed E-state index contributed by atoms with van der Waals surface area (Å²) in [6, 6.07) is 13.5. The van der Waals surface area contributed by atoms with Gasteiger partial charge in [-0.15, -0.1) is 0 Å². The highest BCUT2D eigenvalue weighted by atomic mass is 79.9. The molecule has 5 nitrogen and oxygen atoms in total. The summed E-state index contributed by atoms with van der Waals surface area (Å²) in [5.74, 6) is 1.58. The number of para-hydroxylation sites is 1. The van der Waals surface area contributed by atoms with Crippen LogP contribution in [-0.4, -0.2) is 30.6 Å². The predicted octanol–water partition coefficient (Wildman–Crippen LogP) is 5.28. The van der Waals surface area contributed by atoms with Crippen molar-refractivity contribution in [3.8, 4) is 11.5 Å². The highest BCUT2D eigenvalue weighted by Gasteiger charge is 2.38. The van der Waals surface area contributed by atoms with Crippen LogP contribution in [0.15, 0.2) is 42.5 Å². The SMILES string of the molecule is O=C(N[C@H]1CCCN2c3cc(Cl)ccc3Oc3ccccc3[C@@H]12)OCCBr. The Morgan fingerprint density at radius 1 is 1.30 bits per heavy atom. The van der Waals surface area contributed by atoms with Crippen LogP contribution < -0.4 is 15.0 Å². The van der Waals surface area contributed by atoms with Gasteiger partial charge in [0, 0.05) is 22.5 Å². The average Bonchev–Trinajstić information content (AvgIpc) is 2.81. The van der Waals surface area contributed by atoms with Crippen molar-refractivity contribution in [1.82, 2.24) is 5.32 Å². The molecule has 0 saturated carbocycles. The van der Waals surface area contributed by atoms with Crippen LogP contribution in [0.4, 0.5) is 10.5 Å². The largest absolute Gasteiger partial charge is 0.455 e. The van der Waals surface area contributed by atoms with E-state index in [0.29, 0.717) is 17.0 Å². The van der Waals surface area contributed by atoms with Crippen molar-refractivity contribution in [1.29, 1.82) is 0 Å².